The molecule has 1 aliphatic heterocycles. The van der Waals surface area contributed by atoms with Crippen molar-refractivity contribution in [3.8, 4) is 0 Å². The maximum Gasteiger partial charge on any atom is 0.213 e. The predicted octanol–water partition coefficient (Wildman–Crippen LogP) is 0.858. The molecule has 1 rings (SSSR count). The van der Waals surface area contributed by atoms with Crippen molar-refractivity contribution in [3.63, 3.8) is 0 Å². The maximum absolute atomic E-state index is 11.5. The first-order chi connectivity index (χ1) is 5.75. The lowest BCUT2D eigenvalue weighted by Gasteiger charge is -2.16. The van der Waals surface area contributed by atoms with Crippen molar-refractivity contribution in [1.29, 1.82) is 0 Å². The topological polar surface area (TPSA) is 38.3 Å². The number of carbonyl (C=O) groups excluding carboxylic acids is 1. The first-order valence-corrected chi connectivity index (χ1v) is 4.30. The van der Waals surface area contributed by atoms with Gasteiger partial charge in [0.1, 0.15) is 0 Å². The summed E-state index contributed by atoms with van der Waals surface area (Å²) in [5, 5.41) is 2.89. The molecule has 1 unspecified atom stereocenters. The maximum atomic E-state index is 11.5. The van der Waals surface area contributed by atoms with Gasteiger partial charge in [-0.2, -0.15) is 0 Å². The minimum atomic E-state index is -0.144. The molecule has 0 aromatic heterocycles. The number of hydrogen-bond donors (Lipinski definition) is 1. The number of allylic oxidation sites excluding steroid dienone is 1. The predicted molar refractivity (Wildman–Crippen MR) is 46.8 cm³/mol. The Morgan fingerprint density at radius 1 is 1.75 bits per heavy atom. The van der Waals surface area contributed by atoms with Crippen molar-refractivity contribution in [2.24, 2.45) is 0 Å². The standard InChI is InChI=1S/C9H15NO2/c1-7(10-2)9(11)8-5-3-4-6-12-8/h5,7,10H,3-4,6H2,1-2H3. The molecule has 1 atom stereocenters. The monoisotopic (exact) mass is 169 g/mol. The van der Waals surface area contributed by atoms with Crippen molar-refractivity contribution in [2.45, 2.75) is 25.8 Å². The van der Waals surface area contributed by atoms with E-state index in [1.807, 2.05) is 13.0 Å². The van der Waals surface area contributed by atoms with E-state index in [9.17, 15) is 4.79 Å². The van der Waals surface area contributed by atoms with Crippen molar-refractivity contribution >= 4 is 5.78 Å². The smallest absolute Gasteiger partial charge is 0.213 e. The van der Waals surface area contributed by atoms with E-state index >= 15 is 0 Å². The van der Waals surface area contributed by atoms with Crippen LogP contribution in [0.1, 0.15) is 19.8 Å². The third-order valence-corrected chi connectivity index (χ3v) is 2.00. The third-order valence-electron chi connectivity index (χ3n) is 2.00. The number of carbonyl (C=O) groups is 1. The minimum Gasteiger partial charge on any atom is -0.490 e. The van der Waals surface area contributed by atoms with Crippen LogP contribution < -0.4 is 5.32 Å². The molecule has 0 aliphatic carbocycles. The first-order valence-electron chi connectivity index (χ1n) is 4.30. The van der Waals surface area contributed by atoms with Crippen LogP contribution in [0.2, 0.25) is 0 Å². The molecule has 0 radical (unpaired) electrons. The number of ether oxygens (including phenoxy) is 1. The molecule has 12 heavy (non-hydrogen) atoms. The van der Waals surface area contributed by atoms with Crippen LogP contribution in [0.25, 0.3) is 0 Å². The quantitative estimate of drug-likeness (QED) is 0.681. The van der Waals surface area contributed by atoms with E-state index in [2.05, 4.69) is 5.32 Å². The van der Waals surface area contributed by atoms with Crippen molar-refractivity contribution in [1.82, 2.24) is 5.32 Å². The van der Waals surface area contributed by atoms with Gasteiger partial charge in [-0.05, 0) is 32.9 Å². The average molecular weight is 169 g/mol. The van der Waals surface area contributed by atoms with Gasteiger partial charge in [-0.15, -0.1) is 0 Å². The van der Waals surface area contributed by atoms with E-state index in [0.717, 1.165) is 12.8 Å². The lowest BCUT2D eigenvalue weighted by atomic mass is 10.1. The summed E-state index contributed by atoms with van der Waals surface area (Å²) in [6.45, 7) is 2.51. The lowest BCUT2D eigenvalue weighted by Crippen LogP contribution is -2.33. The van der Waals surface area contributed by atoms with Crippen LogP contribution in [0.4, 0.5) is 0 Å². The van der Waals surface area contributed by atoms with E-state index in [-0.39, 0.29) is 11.8 Å². The Hall–Kier alpha value is -0.830. The summed E-state index contributed by atoms with van der Waals surface area (Å²) in [7, 11) is 1.77. The van der Waals surface area contributed by atoms with E-state index in [1.54, 1.807) is 7.05 Å². The summed E-state index contributed by atoms with van der Waals surface area (Å²) in [6.07, 6.45) is 3.85. The van der Waals surface area contributed by atoms with Crippen LogP contribution in [-0.4, -0.2) is 25.5 Å². The van der Waals surface area contributed by atoms with Crippen molar-refractivity contribution < 1.29 is 9.53 Å². The molecule has 0 bridgehead atoms. The minimum absolute atomic E-state index is 0.0530. The molecule has 0 aromatic carbocycles. The highest BCUT2D eigenvalue weighted by molar-refractivity contribution is 5.97. The summed E-state index contributed by atoms with van der Waals surface area (Å²) >= 11 is 0. The number of ketones is 1. The highest BCUT2D eigenvalue weighted by atomic mass is 16.5. The highest BCUT2D eigenvalue weighted by Gasteiger charge is 2.18. The largest absolute Gasteiger partial charge is 0.490 e. The molecule has 3 heteroatoms. The van der Waals surface area contributed by atoms with E-state index < -0.39 is 0 Å². The SMILES string of the molecule is CNC(C)C(=O)C1=CCCCO1. The highest BCUT2D eigenvalue weighted by Crippen LogP contribution is 2.11. The summed E-state index contributed by atoms with van der Waals surface area (Å²) in [6, 6.07) is -0.144. The second kappa shape index (κ2) is 4.26. The summed E-state index contributed by atoms with van der Waals surface area (Å²) in [5.74, 6) is 0.584. The Bertz CT molecular complexity index is 199. The van der Waals surface area contributed by atoms with Crippen molar-refractivity contribution in [2.75, 3.05) is 13.7 Å². The fourth-order valence-corrected chi connectivity index (χ4v) is 1.07. The number of nitrogens with one attached hydrogen (secondary N) is 1. The van der Waals surface area contributed by atoms with E-state index in [0.29, 0.717) is 12.4 Å². The number of Topliss-reactive ketones (excluding diaryl/α,β-unsaturated/α-hetero) is 1. The Kier molecular flexibility index (Phi) is 3.29. The van der Waals surface area contributed by atoms with Gasteiger partial charge in [0.25, 0.3) is 0 Å². The van der Waals surface area contributed by atoms with Gasteiger partial charge in [-0.1, -0.05) is 0 Å². The second-order valence-corrected chi connectivity index (χ2v) is 2.93. The fraction of sp³-hybridized carbons (Fsp3) is 0.667. The molecule has 0 saturated heterocycles. The molecular weight excluding hydrogens is 154 g/mol. The van der Waals surface area contributed by atoms with Crippen LogP contribution >= 0.6 is 0 Å². The molecule has 1 N–H and O–H groups in total. The first kappa shape index (κ1) is 9.26. The third kappa shape index (κ3) is 2.08. The van der Waals surface area contributed by atoms with Crippen LogP contribution in [0.5, 0.6) is 0 Å². The van der Waals surface area contributed by atoms with E-state index in [4.69, 9.17) is 4.74 Å². The van der Waals surface area contributed by atoms with Gasteiger partial charge in [0, 0.05) is 0 Å². The Balaban J connectivity index is 2.56. The van der Waals surface area contributed by atoms with Gasteiger partial charge in [-0.3, -0.25) is 4.79 Å². The normalized spacial score (nSPS) is 19.3. The molecule has 0 fully saturated rings. The molecule has 1 aliphatic rings. The number of likely N-dealkylation sites (N-methyl/N-ethyl adjacent to an activating group) is 1. The van der Waals surface area contributed by atoms with Crippen LogP contribution in [0.15, 0.2) is 11.8 Å². The molecule has 3 nitrogen and oxygen atoms in total. The molecule has 0 spiro atoms. The summed E-state index contributed by atoms with van der Waals surface area (Å²) in [5.41, 5.74) is 0. The second-order valence-electron chi connectivity index (χ2n) is 2.93. The summed E-state index contributed by atoms with van der Waals surface area (Å²) < 4.78 is 5.23. The molecule has 0 aromatic rings. The van der Waals surface area contributed by atoms with Gasteiger partial charge in [0.2, 0.25) is 5.78 Å². The Morgan fingerprint density at radius 3 is 3.00 bits per heavy atom. The zero-order valence-electron chi connectivity index (χ0n) is 7.59. The van der Waals surface area contributed by atoms with Crippen LogP contribution in [-0.2, 0) is 9.53 Å². The Labute approximate surface area is 72.8 Å². The molecule has 68 valence electrons. The number of rotatable bonds is 3. The molecule has 0 saturated carbocycles. The van der Waals surface area contributed by atoms with Gasteiger partial charge >= 0.3 is 0 Å². The lowest BCUT2D eigenvalue weighted by molar-refractivity contribution is -0.120. The van der Waals surface area contributed by atoms with Crippen LogP contribution in [0.3, 0.4) is 0 Å². The molecular formula is C9H15NO2. The van der Waals surface area contributed by atoms with Gasteiger partial charge < -0.3 is 10.1 Å². The average Bonchev–Trinajstić information content (AvgIpc) is 2.17. The van der Waals surface area contributed by atoms with Crippen molar-refractivity contribution in [3.05, 3.63) is 11.8 Å². The zero-order valence-corrected chi connectivity index (χ0v) is 7.59. The molecule has 1 heterocycles. The van der Waals surface area contributed by atoms with E-state index in [1.165, 1.54) is 0 Å². The fourth-order valence-electron chi connectivity index (χ4n) is 1.07. The van der Waals surface area contributed by atoms with Gasteiger partial charge in [0.15, 0.2) is 5.76 Å². The number of hydrogen-bond acceptors (Lipinski definition) is 3. The van der Waals surface area contributed by atoms with Crippen LogP contribution in [0, 0.1) is 0 Å². The van der Waals surface area contributed by atoms with Gasteiger partial charge in [0.05, 0.1) is 12.6 Å². The Morgan fingerprint density at radius 2 is 2.50 bits per heavy atom. The summed E-state index contributed by atoms with van der Waals surface area (Å²) in [4.78, 5) is 11.5. The molecule has 0 amide bonds. The van der Waals surface area contributed by atoms with Gasteiger partial charge in [-0.25, -0.2) is 0 Å². The zero-order chi connectivity index (χ0) is 8.97.